The molecule has 0 rings (SSSR count). The van der Waals surface area contributed by atoms with Gasteiger partial charge < -0.3 is 19.5 Å². The minimum absolute atomic E-state index is 0.315. The molecule has 0 spiro atoms. The molecule has 0 saturated carbocycles. The van der Waals surface area contributed by atoms with Crippen molar-refractivity contribution in [3.63, 3.8) is 0 Å². The zero-order chi connectivity index (χ0) is 12.9. The van der Waals surface area contributed by atoms with Gasteiger partial charge in [0.2, 0.25) is 0 Å². The summed E-state index contributed by atoms with van der Waals surface area (Å²) in [5.74, 6) is 0. The molecule has 0 amide bonds. The van der Waals surface area contributed by atoms with E-state index in [1.165, 1.54) is 0 Å². The third-order valence-corrected chi connectivity index (χ3v) is 2.40. The molecular weight excluding hydrogens is 218 g/mol. The van der Waals surface area contributed by atoms with E-state index in [4.69, 9.17) is 14.2 Å². The molecule has 4 heteroatoms. The van der Waals surface area contributed by atoms with Crippen LogP contribution in [0.5, 0.6) is 0 Å². The predicted molar refractivity (Wildman–Crippen MR) is 70.5 cm³/mol. The monoisotopic (exact) mass is 247 g/mol. The van der Waals surface area contributed by atoms with Gasteiger partial charge in [-0.3, -0.25) is 0 Å². The van der Waals surface area contributed by atoms with Crippen LogP contribution in [0.25, 0.3) is 0 Å². The Morgan fingerprint density at radius 2 is 1.71 bits per heavy atom. The van der Waals surface area contributed by atoms with Gasteiger partial charge in [-0.05, 0) is 26.3 Å². The molecule has 0 aromatic heterocycles. The van der Waals surface area contributed by atoms with Crippen LogP contribution in [-0.2, 0) is 14.2 Å². The molecule has 1 atom stereocenters. The van der Waals surface area contributed by atoms with Crippen LogP contribution in [0.2, 0.25) is 0 Å². The SMILES string of the molecule is COCCOCCOC(C)CCCNC(C)C. The van der Waals surface area contributed by atoms with Gasteiger partial charge in [0.25, 0.3) is 0 Å². The fourth-order valence-electron chi connectivity index (χ4n) is 1.42. The third-order valence-electron chi connectivity index (χ3n) is 2.40. The first kappa shape index (κ1) is 16.8. The van der Waals surface area contributed by atoms with E-state index < -0.39 is 0 Å². The van der Waals surface area contributed by atoms with Crippen LogP contribution >= 0.6 is 0 Å². The number of hydrogen-bond donors (Lipinski definition) is 1. The molecule has 0 fully saturated rings. The summed E-state index contributed by atoms with van der Waals surface area (Å²) in [5.41, 5.74) is 0. The maximum absolute atomic E-state index is 5.64. The minimum Gasteiger partial charge on any atom is -0.382 e. The first-order chi connectivity index (χ1) is 8.16. The second-order valence-electron chi connectivity index (χ2n) is 4.54. The van der Waals surface area contributed by atoms with Crippen molar-refractivity contribution < 1.29 is 14.2 Å². The maximum Gasteiger partial charge on any atom is 0.0704 e. The predicted octanol–water partition coefficient (Wildman–Crippen LogP) is 1.83. The Morgan fingerprint density at radius 3 is 2.35 bits per heavy atom. The molecular formula is C13H29NO3. The number of nitrogens with one attached hydrogen (secondary N) is 1. The lowest BCUT2D eigenvalue weighted by Gasteiger charge is -2.14. The van der Waals surface area contributed by atoms with E-state index in [9.17, 15) is 0 Å². The molecule has 0 aliphatic carbocycles. The van der Waals surface area contributed by atoms with Crippen LogP contribution in [0.1, 0.15) is 33.6 Å². The molecule has 4 nitrogen and oxygen atoms in total. The van der Waals surface area contributed by atoms with Gasteiger partial charge in [0, 0.05) is 13.2 Å². The average Bonchev–Trinajstić information content (AvgIpc) is 2.29. The highest BCUT2D eigenvalue weighted by atomic mass is 16.5. The molecule has 0 aromatic rings. The van der Waals surface area contributed by atoms with E-state index in [1.54, 1.807) is 7.11 Å². The van der Waals surface area contributed by atoms with Crippen LogP contribution in [0, 0.1) is 0 Å². The van der Waals surface area contributed by atoms with Crippen molar-refractivity contribution in [3.05, 3.63) is 0 Å². The highest BCUT2D eigenvalue weighted by molar-refractivity contribution is 4.56. The van der Waals surface area contributed by atoms with E-state index in [1.807, 2.05) is 0 Å². The normalized spacial score (nSPS) is 13.2. The summed E-state index contributed by atoms with van der Waals surface area (Å²) < 4.78 is 15.8. The molecule has 17 heavy (non-hydrogen) atoms. The summed E-state index contributed by atoms with van der Waals surface area (Å²) in [4.78, 5) is 0. The quantitative estimate of drug-likeness (QED) is 0.534. The summed E-state index contributed by atoms with van der Waals surface area (Å²) in [6.07, 6.45) is 2.57. The molecule has 0 bridgehead atoms. The first-order valence-corrected chi connectivity index (χ1v) is 6.58. The van der Waals surface area contributed by atoms with Gasteiger partial charge in [-0.25, -0.2) is 0 Å². The Kier molecular flexibility index (Phi) is 12.2. The van der Waals surface area contributed by atoms with Crippen LogP contribution in [0.4, 0.5) is 0 Å². The molecule has 0 aliphatic heterocycles. The molecule has 1 unspecified atom stereocenters. The fourth-order valence-corrected chi connectivity index (χ4v) is 1.42. The van der Waals surface area contributed by atoms with Crippen molar-refractivity contribution in [2.75, 3.05) is 40.1 Å². The van der Waals surface area contributed by atoms with Gasteiger partial charge >= 0.3 is 0 Å². The van der Waals surface area contributed by atoms with Crippen molar-refractivity contribution in [3.8, 4) is 0 Å². The third kappa shape index (κ3) is 13.8. The van der Waals surface area contributed by atoms with Crippen molar-refractivity contribution >= 4 is 0 Å². The smallest absolute Gasteiger partial charge is 0.0704 e. The molecule has 0 saturated heterocycles. The topological polar surface area (TPSA) is 39.7 Å². The van der Waals surface area contributed by atoms with E-state index in [0.717, 1.165) is 19.4 Å². The number of hydrogen-bond acceptors (Lipinski definition) is 4. The van der Waals surface area contributed by atoms with Crippen LogP contribution in [0.3, 0.4) is 0 Å². The summed E-state index contributed by atoms with van der Waals surface area (Å²) in [5, 5.41) is 3.40. The van der Waals surface area contributed by atoms with Gasteiger partial charge in [-0.2, -0.15) is 0 Å². The molecule has 0 radical (unpaired) electrons. The number of ether oxygens (including phenoxy) is 3. The van der Waals surface area contributed by atoms with E-state index in [2.05, 4.69) is 26.1 Å². The minimum atomic E-state index is 0.315. The van der Waals surface area contributed by atoms with E-state index >= 15 is 0 Å². The summed E-state index contributed by atoms with van der Waals surface area (Å²) >= 11 is 0. The Bertz CT molecular complexity index is 154. The maximum atomic E-state index is 5.64. The molecule has 0 heterocycles. The zero-order valence-corrected chi connectivity index (χ0v) is 11.8. The Morgan fingerprint density at radius 1 is 1.00 bits per heavy atom. The molecule has 1 N–H and O–H groups in total. The summed E-state index contributed by atoms with van der Waals surface area (Å²) in [7, 11) is 1.67. The highest BCUT2D eigenvalue weighted by Crippen LogP contribution is 2.00. The lowest BCUT2D eigenvalue weighted by molar-refractivity contribution is -0.00321. The first-order valence-electron chi connectivity index (χ1n) is 6.58. The average molecular weight is 247 g/mol. The second-order valence-corrected chi connectivity index (χ2v) is 4.54. The van der Waals surface area contributed by atoms with Gasteiger partial charge in [0.1, 0.15) is 0 Å². The zero-order valence-electron chi connectivity index (χ0n) is 11.8. The van der Waals surface area contributed by atoms with Crippen molar-refractivity contribution in [1.82, 2.24) is 5.32 Å². The molecule has 104 valence electrons. The Balaban J connectivity index is 3.14. The second kappa shape index (κ2) is 12.3. The summed E-state index contributed by atoms with van der Waals surface area (Å²) in [6.45, 7) is 10.1. The van der Waals surface area contributed by atoms with E-state index in [0.29, 0.717) is 38.6 Å². The van der Waals surface area contributed by atoms with Gasteiger partial charge in [-0.1, -0.05) is 13.8 Å². The van der Waals surface area contributed by atoms with Crippen molar-refractivity contribution in [2.45, 2.75) is 45.8 Å². The van der Waals surface area contributed by atoms with Crippen LogP contribution < -0.4 is 5.32 Å². The molecule has 0 aliphatic rings. The Labute approximate surface area is 106 Å². The van der Waals surface area contributed by atoms with Crippen molar-refractivity contribution in [1.29, 1.82) is 0 Å². The lowest BCUT2D eigenvalue weighted by Crippen LogP contribution is -2.24. The van der Waals surface area contributed by atoms with Gasteiger partial charge in [0.15, 0.2) is 0 Å². The Hall–Kier alpha value is -0.160. The highest BCUT2D eigenvalue weighted by Gasteiger charge is 2.02. The van der Waals surface area contributed by atoms with E-state index in [-0.39, 0.29) is 0 Å². The number of rotatable bonds is 12. The van der Waals surface area contributed by atoms with Gasteiger partial charge in [-0.15, -0.1) is 0 Å². The standard InChI is InChI=1S/C13H29NO3/c1-12(2)14-7-5-6-13(3)17-11-10-16-9-8-15-4/h12-14H,5-11H2,1-4H3. The molecule has 0 aromatic carbocycles. The van der Waals surface area contributed by atoms with Crippen LogP contribution in [-0.4, -0.2) is 52.2 Å². The lowest BCUT2D eigenvalue weighted by atomic mass is 10.2. The van der Waals surface area contributed by atoms with Gasteiger partial charge in [0.05, 0.1) is 32.5 Å². The summed E-state index contributed by atoms with van der Waals surface area (Å²) in [6, 6.07) is 0.570. The largest absolute Gasteiger partial charge is 0.382 e. The van der Waals surface area contributed by atoms with Crippen molar-refractivity contribution in [2.24, 2.45) is 0 Å². The fraction of sp³-hybridized carbons (Fsp3) is 1.00. The van der Waals surface area contributed by atoms with Crippen LogP contribution in [0.15, 0.2) is 0 Å². The number of methoxy groups -OCH3 is 1.